The molecular formula is C17H26N2O2. The molecule has 4 nitrogen and oxygen atoms in total. The monoisotopic (exact) mass is 290 g/mol. The molecule has 4 heteroatoms. The van der Waals surface area contributed by atoms with Crippen LogP contribution >= 0.6 is 0 Å². The standard InChI is InChI=1S/C17H26N2O2/c1-2-18-16(14-9-5-3-4-6-10-14)13-15-11-7-8-12-17(15)19(20)21/h7-8,11-12,14,16,18H,2-6,9-10,13H2,1H3. The molecule has 2 rings (SSSR count). The van der Waals surface area contributed by atoms with Gasteiger partial charge >= 0.3 is 0 Å². The molecule has 1 N–H and O–H groups in total. The van der Waals surface area contributed by atoms with Gasteiger partial charge in [-0.3, -0.25) is 10.1 Å². The Balaban J connectivity index is 2.13. The van der Waals surface area contributed by atoms with Crippen LogP contribution in [0.1, 0.15) is 51.0 Å². The molecule has 21 heavy (non-hydrogen) atoms. The molecule has 0 heterocycles. The number of hydrogen-bond donors (Lipinski definition) is 1. The molecule has 1 fully saturated rings. The van der Waals surface area contributed by atoms with Crippen LogP contribution in [0.15, 0.2) is 24.3 Å². The van der Waals surface area contributed by atoms with Crippen LogP contribution in [0.3, 0.4) is 0 Å². The molecule has 1 aliphatic rings. The first-order valence-electron chi connectivity index (χ1n) is 8.18. The fraction of sp³-hybridized carbons (Fsp3) is 0.647. The lowest BCUT2D eigenvalue weighted by atomic mass is 9.87. The fourth-order valence-corrected chi connectivity index (χ4v) is 3.48. The number of nitrogens with one attached hydrogen (secondary N) is 1. The topological polar surface area (TPSA) is 55.2 Å². The number of nitro groups is 1. The Morgan fingerprint density at radius 2 is 1.90 bits per heavy atom. The van der Waals surface area contributed by atoms with Gasteiger partial charge in [0.25, 0.3) is 5.69 Å². The molecule has 116 valence electrons. The number of nitrogens with zero attached hydrogens (tertiary/aromatic N) is 1. The van der Waals surface area contributed by atoms with E-state index in [4.69, 9.17) is 0 Å². The summed E-state index contributed by atoms with van der Waals surface area (Å²) in [6.07, 6.45) is 8.51. The Kier molecular flexibility index (Phi) is 6.18. The van der Waals surface area contributed by atoms with Gasteiger partial charge in [-0.25, -0.2) is 0 Å². The van der Waals surface area contributed by atoms with Crippen molar-refractivity contribution in [3.8, 4) is 0 Å². The van der Waals surface area contributed by atoms with Crippen LogP contribution in [0, 0.1) is 16.0 Å². The van der Waals surface area contributed by atoms with E-state index in [0.717, 1.165) is 18.5 Å². The maximum Gasteiger partial charge on any atom is 0.272 e. The summed E-state index contributed by atoms with van der Waals surface area (Å²) in [7, 11) is 0. The van der Waals surface area contributed by atoms with Crippen LogP contribution in [0.25, 0.3) is 0 Å². The summed E-state index contributed by atoms with van der Waals surface area (Å²) >= 11 is 0. The number of para-hydroxylation sites is 1. The lowest BCUT2D eigenvalue weighted by Gasteiger charge is -2.27. The highest BCUT2D eigenvalue weighted by molar-refractivity contribution is 5.40. The number of hydrogen-bond acceptors (Lipinski definition) is 3. The van der Waals surface area contributed by atoms with Crippen molar-refractivity contribution in [3.63, 3.8) is 0 Å². The molecule has 1 aromatic rings. The highest BCUT2D eigenvalue weighted by Crippen LogP contribution is 2.29. The Hall–Kier alpha value is -1.42. The molecule has 1 atom stereocenters. The SMILES string of the molecule is CCNC(Cc1ccccc1[N+](=O)[O-])C1CCCCCC1. The third kappa shape index (κ3) is 4.53. The summed E-state index contributed by atoms with van der Waals surface area (Å²) in [6, 6.07) is 7.52. The minimum Gasteiger partial charge on any atom is -0.314 e. The highest BCUT2D eigenvalue weighted by Gasteiger charge is 2.24. The number of benzene rings is 1. The van der Waals surface area contributed by atoms with Gasteiger partial charge in [-0.1, -0.05) is 50.8 Å². The van der Waals surface area contributed by atoms with Crippen LogP contribution in [0.5, 0.6) is 0 Å². The molecular weight excluding hydrogens is 264 g/mol. The van der Waals surface area contributed by atoms with E-state index in [1.54, 1.807) is 12.1 Å². The van der Waals surface area contributed by atoms with E-state index in [1.807, 2.05) is 12.1 Å². The quantitative estimate of drug-likeness (QED) is 0.488. The molecule has 0 bridgehead atoms. The van der Waals surface area contributed by atoms with Crippen molar-refractivity contribution in [2.75, 3.05) is 6.54 Å². The zero-order valence-corrected chi connectivity index (χ0v) is 12.9. The van der Waals surface area contributed by atoms with Gasteiger partial charge < -0.3 is 5.32 Å². The first-order chi connectivity index (χ1) is 10.2. The second kappa shape index (κ2) is 8.13. The van der Waals surface area contributed by atoms with Crippen LogP contribution in [-0.2, 0) is 6.42 Å². The molecule has 0 aromatic heterocycles. The third-order valence-electron chi connectivity index (χ3n) is 4.56. The molecule has 1 aliphatic carbocycles. The van der Waals surface area contributed by atoms with Gasteiger partial charge in [-0.2, -0.15) is 0 Å². The van der Waals surface area contributed by atoms with Gasteiger partial charge in [0.2, 0.25) is 0 Å². The zero-order chi connectivity index (χ0) is 15.1. The summed E-state index contributed by atoms with van der Waals surface area (Å²) in [4.78, 5) is 10.9. The van der Waals surface area contributed by atoms with E-state index in [0.29, 0.717) is 12.0 Å². The first kappa shape index (κ1) is 16.0. The van der Waals surface area contributed by atoms with E-state index in [9.17, 15) is 10.1 Å². The maximum absolute atomic E-state index is 11.2. The number of nitro benzene ring substituents is 1. The number of likely N-dealkylation sites (N-methyl/N-ethyl adjacent to an activating group) is 1. The predicted molar refractivity (Wildman–Crippen MR) is 85.5 cm³/mol. The Morgan fingerprint density at radius 1 is 1.24 bits per heavy atom. The van der Waals surface area contributed by atoms with E-state index >= 15 is 0 Å². The summed E-state index contributed by atoms with van der Waals surface area (Å²) in [6.45, 7) is 3.03. The van der Waals surface area contributed by atoms with Crippen LogP contribution in [-0.4, -0.2) is 17.5 Å². The second-order valence-corrected chi connectivity index (χ2v) is 6.01. The minimum atomic E-state index is -0.259. The average molecular weight is 290 g/mol. The van der Waals surface area contributed by atoms with Crippen molar-refractivity contribution in [2.45, 2.75) is 57.9 Å². The molecule has 0 spiro atoms. The molecule has 1 aromatic carbocycles. The second-order valence-electron chi connectivity index (χ2n) is 6.01. The average Bonchev–Trinajstić information content (AvgIpc) is 2.76. The van der Waals surface area contributed by atoms with Crippen molar-refractivity contribution in [2.24, 2.45) is 5.92 Å². The largest absolute Gasteiger partial charge is 0.314 e. The molecule has 1 unspecified atom stereocenters. The lowest BCUT2D eigenvalue weighted by Crippen LogP contribution is -2.38. The van der Waals surface area contributed by atoms with Gasteiger partial charge in [0.15, 0.2) is 0 Å². The molecule has 0 radical (unpaired) electrons. The van der Waals surface area contributed by atoms with Crippen molar-refractivity contribution in [1.29, 1.82) is 0 Å². The maximum atomic E-state index is 11.2. The van der Waals surface area contributed by atoms with Gasteiger partial charge in [0, 0.05) is 17.7 Å². The van der Waals surface area contributed by atoms with Gasteiger partial charge in [-0.15, -0.1) is 0 Å². The van der Waals surface area contributed by atoms with Gasteiger partial charge in [0.1, 0.15) is 0 Å². The van der Waals surface area contributed by atoms with Gasteiger partial charge in [-0.05, 0) is 31.7 Å². The lowest BCUT2D eigenvalue weighted by molar-refractivity contribution is -0.385. The minimum absolute atomic E-state index is 0.258. The smallest absolute Gasteiger partial charge is 0.272 e. The van der Waals surface area contributed by atoms with E-state index in [-0.39, 0.29) is 10.6 Å². The van der Waals surface area contributed by atoms with Crippen LogP contribution < -0.4 is 5.32 Å². The Labute approximate surface area is 127 Å². The normalized spacial score (nSPS) is 18.1. The molecule has 1 saturated carbocycles. The number of rotatable bonds is 6. The molecule has 0 aliphatic heterocycles. The Morgan fingerprint density at radius 3 is 2.52 bits per heavy atom. The predicted octanol–water partition coefficient (Wildman–Crippen LogP) is 4.09. The van der Waals surface area contributed by atoms with Crippen molar-refractivity contribution >= 4 is 5.69 Å². The molecule has 0 amide bonds. The van der Waals surface area contributed by atoms with E-state index < -0.39 is 0 Å². The van der Waals surface area contributed by atoms with Crippen LogP contribution in [0.2, 0.25) is 0 Å². The summed E-state index contributed by atoms with van der Waals surface area (Å²) < 4.78 is 0. The Bertz CT molecular complexity index is 454. The summed E-state index contributed by atoms with van der Waals surface area (Å²) in [5.41, 5.74) is 1.12. The zero-order valence-electron chi connectivity index (χ0n) is 12.9. The van der Waals surface area contributed by atoms with E-state index in [2.05, 4.69) is 12.2 Å². The first-order valence-corrected chi connectivity index (χ1v) is 8.18. The van der Waals surface area contributed by atoms with Gasteiger partial charge in [0.05, 0.1) is 4.92 Å². The fourth-order valence-electron chi connectivity index (χ4n) is 3.48. The van der Waals surface area contributed by atoms with Crippen molar-refractivity contribution in [1.82, 2.24) is 5.32 Å². The van der Waals surface area contributed by atoms with Crippen LogP contribution in [0.4, 0.5) is 5.69 Å². The van der Waals surface area contributed by atoms with Crippen molar-refractivity contribution in [3.05, 3.63) is 39.9 Å². The molecule has 0 saturated heterocycles. The van der Waals surface area contributed by atoms with Crippen molar-refractivity contribution < 1.29 is 4.92 Å². The van der Waals surface area contributed by atoms with E-state index in [1.165, 1.54) is 38.5 Å². The summed E-state index contributed by atoms with van der Waals surface area (Å²) in [5, 5.41) is 14.7. The third-order valence-corrected chi connectivity index (χ3v) is 4.56. The highest BCUT2D eigenvalue weighted by atomic mass is 16.6. The summed E-state index contributed by atoms with van der Waals surface area (Å²) in [5.74, 6) is 0.646.